The second-order valence-corrected chi connectivity index (χ2v) is 5.96. The van der Waals surface area contributed by atoms with Crippen molar-refractivity contribution in [3.8, 4) is 22.6 Å². The lowest BCUT2D eigenvalue weighted by Crippen LogP contribution is -2.05. The van der Waals surface area contributed by atoms with Gasteiger partial charge in [-0.2, -0.15) is 0 Å². The third-order valence-corrected chi connectivity index (χ3v) is 4.20. The Bertz CT molecular complexity index is 1150. The van der Waals surface area contributed by atoms with Crippen molar-refractivity contribution in [2.75, 3.05) is 12.8 Å². The molecular weight excluding hydrogens is 344 g/mol. The van der Waals surface area contributed by atoms with Crippen LogP contribution < -0.4 is 5.73 Å². The maximum atomic E-state index is 11.5. The molecule has 134 valence electrons. The van der Waals surface area contributed by atoms with Crippen LogP contribution in [0.4, 0.5) is 5.69 Å². The summed E-state index contributed by atoms with van der Waals surface area (Å²) in [5, 5.41) is 0. The molecule has 4 rings (SSSR count). The first-order valence-corrected chi connectivity index (χ1v) is 8.18. The molecule has 8 nitrogen and oxygen atoms in total. The molecule has 0 atom stereocenters. The molecule has 0 aliphatic rings. The van der Waals surface area contributed by atoms with Gasteiger partial charge in [-0.25, -0.2) is 19.7 Å². The SMILES string of the molecule is COC(=O)c1cnc(-c2nc(-c3ccc4ncc(C)n4c3)ccc2N)cn1. The summed E-state index contributed by atoms with van der Waals surface area (Å²) >= 11 is 0. The number of nitrogens with two attached hydrogens (primary N) is 1. The van der Waals surface area contributed by atoms with Crippen LogP contribution in [-0.2, 0) is 4.74 Å². The smallest absolute Gasteiger partial charge is 0.358 e. The zero-order chi connectivity index (χ0) is 19.0. The summed E-state index contributed by atoms with van der Waals surface area (Å²) in [5.74, 6) is -0.548. The number of aromatic nitrogens is 5. The Morgan fingerprint density at radius 3 is 2.63 bits per heavy atom. The summed E-state index contributed by atoms with van der Waals surface area (Å²) in [6.45, 7) is 1.99. The van der Waals surface area contributed by atoms with Crippen LogP contribution in [0.15, 0.2) is 49.1 Å². The number of methoxy groups -OCH3 is 1. The highest BCUT2D eigenvalue weighted by molar-refractivity contribution is 5.87. The minimum Gasteiger partial charge on any atom is -0.464 e. The summed E-state index contributed by atoms with van der Waals surface area (Å²) in [6, 6.07) is 7.52. The van der Waals surface area contributed by atoms with E-state index in [2.05, 4.69) is 24.7 Å². The lowest BCUT2D eigenvalue weighted by atomic mass is 10.1. The van der Waals surface area contributed by atoms with E-state index in [-0.39, 0.29) is 5.69 Å². The van der Waals surface area contributed by atoms with E-state index in [0.717, 1.165) is 22.6 Å². The molecule has 8 heteroatoms. The average Bonchev–Trinajstić information content (AvgIpc) is 3.08. The van der Waals surface area contributed by atoms with Crippen molar-refractivity contribution >= 4 is 17.3 Å². The van der Waals surface area contributed by atoms with Crippen molar-refractivity contribution in [1.29, 1.82) is 0 Å². The van der Waals surface area contributed by atoms with Gasteiger partial charge in [0.2, 0.25) is 0 Å². The highest BCUT2D eigenvalue weighted by Crippen LogP contribution is 2.26. The summed E-state index contributed by atoms with van der Waals surface area (Å²) in [7, 11) is 1.29. The number of ether oxygens (including phenoxy) is 1. The van der Waals surface area contributed by atoms with Gasteiger partial charge in [0.05, 0.1) is 30.9 Å². The maximum absolute atomic E-state index is 11.5. The van der Waals surface area contributed by atoms with Gasteiger partial charge in [-0.3, -0.25) is 4.98 Å². The van der Waals surface area contributed by atoms with Gasteiger partial charge in [0.15, 0.2) is 5.69 Å². The van der Waals surface area contributed by atoms with Crippen molar-refractivity contribution in [3.63, 3.8) is 0 Å². The molecule has 27 heavy (non-hydrogen) atoms. The van der Waals surface area contributed by atoms with E-state index >= 15 is 0 Å². The first-order chi connectivity index (χ1) is 13.1. The second kappa shape index (κ2) is 6.49. The van der Waals surface area contributed by atoms with E-state index in [1.165, 1.54) is 19.5 Å². The number of anilines is 1. The predicted molar refractivity (Wildman–Crippen MR) is 99.9 cm³/mol. The molecule has 0 bridgehead atoms. The number of nitrogens with zero attached hydrogens (tertiary/aromatic N) is 5. The van der Waals surface area contributed by atoms with Crippen LogP contribution >= 0.6 is 0 Å². The highest BCUT2D eigenvalue weighted by Gasteiger charge is 2.13. The number of rotatable bonds is 3. The van der Waals surface area contributed by atoms with Gasteiger partial charge in [-0.15, -0.1) is 0 Å². The molecule has 0 radical (unpaired) electrons. The zero-order valence-corrected chi connectivity index (χ0v) is 14.7. The molecule has 2 N–H and O–H groups in total. The van der Waals surface area contributed by atoms with Gasteiger partial charge in [-0.1, -0.05) is 0 Å². The van der Waals surface area contributed by atoms with Crippen molar-refractivity contribution in [3.05, 3.63) is 60.4 Å². The molecule has 4 aromatic heterocycles. The molecule has 0 unspecified atom stereocenters. The number of pyridine rings is 2. The largest absolute Gasteiger partial charge is 0.464 e. The van der Waals surface area contributed by atoms with Gasteiger partial charge in [0, 0.05) is 23.7 Å². The molecular formula is C19H16N6O2. The minimum atomic E-state index is -0.548. The van der Waals surface area contributed by atoms with Crippen LogP contribution in [-0.4, -0.2) is 37.4 Å². The van der Waals surface area contributed by atoms with Gasteiger partial charge in [0.25, 0.3) is 0 Å². The Kier molecular flexibility index (Phi) is 4.00. The van der Waals surface area contributed by atoms with Gasteiger partial charge >= 0.3 is 5.97 Å². The molecule has 0 saturated heterocycles. The monoisotopic (exact) mass is 360 g/mol. The fourth-order valence-corrected chi connectivity index (χ4v) is 2.75. The molecule has 0 saturated carbocycles. The minimum absolute atomic E-state index is 0.122. The number of nitrogen functional groups attached to an aromatic ring is 1. The fourth-order valence-electron chi connectivity index (χ4n) is 2.75. The zero-order valence-electron chi connectivity index (χ0n) is 14.7. The van der Waals surface area contributed by atoms with Crippen molar-refractivity contribution in [2.24, 2.45) is 0 Å². The average molecular weight is 360 g/mol. The van der Waals surface area contributed by atoms with Crippen LogP contribution in [0.1, 0.15) is 16.2 Å². The molecule has 0 aromatic carbocycles. The first-order valence-electron chi connectivity index (χ1n) is 8.18. The van der Waals surface area contributed by atoms with Crippen molar-refractivity contribution in [2.45, 2.75) is 6.92 Å². The number of hydrogen-bond acceptors (Lipinski definition) is 7. The van der Waals surface area contributed by atoms with Gasteiger partial charge < -0.3 is 14.9 Å². The van der Waals surface area contributed by atoms with Gasteiger partial charge in [-0.05, 0) is 31.2 Å². The number of esters is 1. The third-order valence-electron chi connectivity index (χ3n) is 4.20. The Hall–Kier alpha value is -3.81. The molecule has 0 spiro atoms. The van der Waals surface area contributed by atoms with E-state index in [1.807, 2.05) is 41.9 Å². The van der Waals surface area contributed by atoms with Crippen molar-refractivity contribution < 1.29 is 9.53 Å². The molecule has 0 fully saturated rings. The maximum Gasteiger partial charge on any atom is 0.358 e. The second-order valence-electron chi connectivity index (χ2n) is 5.96. The van der Waals surface area contributed by atoms with E-state index in [0.29, 0.717) is 17.1 Å². The lowest BCUT2D eigenvalue weighted by molar-refractivity contribution is 0.0593. The van der Waals surface area contributed by atoms with Crippen LogP contribution in [0.25, 0.3) is 28.3 Å². The first kappa shape index (κ1) is 16.6. The molecule has 0 aliphatic carbocycles. The number of aryl methyl sites for hydroxylation is 1. The highest BCUT2D eigenvalue weighted by atomic mass is 16.5. The van der Waals surface area contributed by atoms with Crippen LogP contribution in [0.2, 0.25) is 0 Å². The quantitative estimate of drug-likeness (QED) is 0.559. The van der Waals surface area contributed by atoms with Crippen LogP contribution in [0.5, 0.6) is 0 Å². The topological polar surface area (TPSA) is 108 Å². The fraction of sp³-hybridized carbons (Fsp3) is 0.105. The van der Waals surface area contributed by atoms with Crippen molar-refractivity contribution in [1.82, 2.24) is 24.3 Å². The molecule has 0 amide bonds. The number of imidazole rings is 1. The Morgan fingerprint density at radius 2 is 1.89 bits per heavy atom. The summed E-state index contributed by atoms with van der Waals surface area (Å²) in [5.41, 5.74) is 11.2. The van der Waals surface area contributed by atoms with E-state index in [1.54, 1.807) is 6.07 Å². The van der Waals surface area contributed by atoms with Crippen LogP contribution in [0, 0.1) is 6.92 Å². The molecule has 4 heterocycles. The number of hydrogen-bond donors (Lipinski definition) is 1. The summed E-state index contributed by atoms with van der Waals surface area (Å²) < 4.78 is 6.63. The Labute approximate surface area is 154 Å². The van der Waals surface area contributed by atoms with E-state index < -0.39 is 5.97 Å². The Balaban J connectivity index is 1.76. The summed E-state index contributed by atoms with van der Waals surface area (Å²) in [6.07, 6.45) is 6.60. The van der Waals surface area contributed by atoms with Gasteiger partial charge in [0.1, 0.15) is 17.0 Å². The van der Waals surface area contributed by atoms with E-state index in [9.17, 15) is 4.79 Å². The molecule has 4 aromatic rings. The standard InChI is InChI=1S/C19H16N6O2/c1-11-7-23-17-6-3-12(10-25(11)17)14-5-4-13(20)18(24-14)15-8-22-16(9-21-15)19(26)27-2/h3-10H,20H2,1-2H3. The Morgan fingerprint density at radius 1 is 1.04 bits per heavy atom. The van der Waals surface area contributed by atoms with E-state index in [4.69, 9.17) is 5.73 Å². The number of carbonyl (C=O) groups is 1. The third kappa shape index (κ3) is 2.97. The molecule has 0 aliphatic heterocycles. The normalized spacial score (nSPS) is 10.9. The van der Waals surface area contributed by atoms with Crippen LogP contribution in [0.3, 0.4) is 0 Å². The summed E-state index contributed by atoms with van der Waals surface area (Å²) in [4.78, 5) is 28.8. The number of carbonyl (C=O) groups excluding carboxylic acids is 1. The predicted octanol–water partition coefficient (Wildman–Crippen LogP) is 2.53. The lowest BCUT2D eigenvalue weighted by Gasteiger charge is -2.08. The number of fused-ring (bicyclic) bond motifs is 1.